The number of morpholine rings is 1. The third-order valence-corrected chi connectivity index (χ3v) is 5.55. The lowest BCUT2D eigenvalue weighted by molar-refractivity contribution is 0.122. The highest BCUT2D eigenvalue weighted by atomic mass is 35.5. The molecule has 0 amide bonds. The molecular weight excluding hydrogens is 473 g/mol. The van der Waals surface area contributed by atoms with Gasteiger partial charge in [-0.05, 0) is 36.4 Å². The summed E-state index contributed by atoms with van der Waals surface area (Å²) in [6, 6.07) is 11.2. The molecule has 0 spiro atoms. The van der Waals surface area contributed by atoms with Gasteiger partial charge in [0.15, 0.2) is 11.6 Å². The molecular formula is C23H21ClFN9O. The van der Waals surface area contributed by atoms with E-state index in [1.165, 1.54) is 0 Å². The predicted molar refractivity (Wildman–Crippen MR) is 129 cm³/mol. The van der Waals surface area contributed by atoms with Crippen molar-refractivity contribution in [2.24, 2.45) is 10.2 Å². The normalized spacial score (nSPS) is 13.9. The van der Waals surface area contributed by atoms with Crippen molar-refractivity contribution in [1.29, 1.82) is 0 Å². The summed E-state index contributed by atoms with van der Waals surface area (Å²) in [6.07, 6.45) is 6.36. The summed E-state index contributed by atoms with van der Waals surface area (Å²) in [5.41, 5.74) is 3.10. The number of hydrogen-bond acceptors (Lipinski definition) is 9. The van der Waals surface area contributed by atoms with Gasteiger partial charge in [-0.3, -0.25) is 4.98 Å². The van der Waals surface area contributed by atoms with Crippen molar-refractivity contribution < 1.29 is 9.13 Å². The molecule has 1 aromatic carbocycles. The molecule has 5 rings (SSSR count). The summed E-state index contributed by atoms with van der Waals surface area (Å²) in [4.78, 5) is 14.3. The molecule has 0 aliphatic carbocycles. The van der Waals surface area contributed by atoms with Gasteiger partial charge in [0.1, 0.15) is 6.54 Å². The van der Waals surface area contributed by atoms with Crippen LogP contribution in [-0.2, 0) is 11.3 Å². The summed E-state index contributed by atoms with van der Waals surface area (Å²) in [7, 11) is 0. The van der Waals surface area contributed by atoms with Crippen molar-refractivity contribution in [3.05, 3.63) is 77.7 Å². The van der Waals surface area contributed by atoms with Crippen LogP contribution in [0.15, 0.2) is 71.4 Å². The highest BCUT2D eigenvalue weighted by Gasteiger charge is 2.17. The van der Waals surface area contributed by atoms with Crippen LogP contribution in [0.25, 0.3) is 5.69 Å². The minimum absolute atomic E-state index is 0.0966. The van der Waals surface area contributed by atoms with E-state index in [0.717, 1.165) is 23.3 Å². The molecule has 4 aromatic rings. The van der Waals surface area contributed by atoms with Crippen LogP contribution in [0, 0.1) is 5.82 Å². The number of ether oxygens (including phenoxy) is 1. The lowest BCUT2D eigenvalue weighted by atomic mass is 10.2. The van der Waals surface area contributed by atoms with Gasteiger partial charge in [-0.2, -0.15) is 15.2 Å². The van der Waals surface area contributed by atoms with E-state index in [0.29, 0.717) is 37.0 Å². The molecule has 10 nitrogen and oxygen atoms in total. The van der Waals surface area contributed by atoms with E-state index in [-0.39, 0.29) is 18.3 Å². The van der Waals surface area contributed by atoms with E-state index in [1.54, 1.807) is 17.1 Å². The zero-order valence-corrected chi connectivity index (χ0v) is 19.3. The van der Waals surface area contributed by atoms with Gasteiger partial charge < -0.3 is 15.0 Å². The molecule has 178 valence electrons. The molecule has 0 unspecified atom stereocenters. The minimum Gasteiger partial charge on any atom is -0.378 e. The Balaban J connectivity index is 1.20. The van der Waals surface area contributed by atoms with Crippen LogP contribution >= 0.6 is 11.6 Å². The number of halogens is 2. The van der Waals surface area contributed by atoms with Gasteiger partial charge in [-0.15, -0.1) is 5.11 Å². The maximum atomic E-state index is 14.1. The molecule has 35 heavy (non-hydrogen) atoms. The fourth-order valence-corrected chi connectivity index (χ4v) is 3.70. The van der Waals surface area contributed by atoms with Crippen molar-refractivity contribution in [2.45, 2.75) is 6.54 Å². The van der Waals surface area contributed by atoms with E-state index in [9.17, 15) is 4.39 Å². The van der Waals surface area contributed by atoms with Gasteiger partial charge in [-0.1, -0.05) is 11.6 Å². The SMILES string of the molecule is Fc1cnc(N=NCc2ccc(Nc3ccc(-n4cccn4)cc3Cl)cn2)nc1N1CCOCC1. The van der Waals surface area contributed by atoms with Crippen LogP contribution in [0.5, 0.6) is 0 Å². The van der Waals surface area contributed by atoms with Crippen LogP contribution in [0.2, 0.25) is 5.02 Å². The van der Waals surface area contributed by atoms with Crippen LogP contribution in [0.4, 0.5) is 27.5 Å². The molecule has 4 heterocycles. The molecule has 0 saturated carbocycles. The second-order valence-corrected chi connectivity index (χ2v) is 8.03. The number of anilines is 3. The van der Waals surface area contributed by atoms with Crippen LogP contribution in [0.3, 0.4) is 0 Å². The summed E-state index contributed by atoms with van der Waals surface area (Å²) in [5.74, 6) is -0.187. The summed E-state index contributed by atoms with van der Waals surface area (Å²) in [6.45, 7) is 2.41. The van der Waals surface area contributed by atoms with E-state index in [2.05, 4.69) is 35.6 Å². The van der Waals surface area contributed by atoms with Gasteiger partial charge >= 0.3 is 0 Å². The van der Waals surface area contributed by atoms with E-state index >= 15 is 0 Å². The van der Waals surface area contributed by atoms with Gasteiger partial charge in [0, 0.05) is 25.5 Å². The smallest absolute Gasteiger partial charge is 0.270 e. The number of pyridine rings is 1. The van der Waals surface area contributed by atoms with Crippen LogP contribution in [-0.4, -0.2) is 51.0 Å². The molecule has 1 aliphatic heterocycles. The molecule has 1 fully saturated rings. The van der Waals surface area contributed by atoms with Crippen molar-refractivity contribution in [3.8, 4) is 5.69 Å². The van der Waals surface area contributed by atoms with Crippen molar-refractivity contribution in [2.75, 3.05) is 36.5 Å². The maximum Gasteiger partial charge on any atom is 0.270 e. The molecule has 0 radical (unpaired) electrons. The van der Waals surface area contributed by atoms with Crippen molar-refractivity contribution in [3.63, 3.8) is 0 Å². The average molecular weight is 494 g/mol. The van der Waals surface area contributed by atoms with Crippen LogP contribution < -0.4 is 10.2 Å². The molecule has 1 aliphatic rings. The Hall–Kier alpha value is -3.96. The number of hydrogen-bond donors (Lipinski definition) is 1. The second-order valence-electron chi connectivity index (χ2n) is 7.62. The molecule has 1 N–H and O–H groups in total. The number of azo groups is 1. The Kier molecular flexibility index (Phi) is 6.87. The van der Waals surface area contributed by atoms with Gasteiger partial charge in [0.25, 0.3) is 5.95 Å². The third kappa shape index (κ3) is 5.58. The molecule has 1 saturated heterocycles. The first kappa shape index (κ1) is 22.8. The molecule has 0 bridgehead atoms. The molecule has 3 aromatic heterocycles. The van der Waals surface area contributed by atoms with E-state index in [1.807, 2.05) is 47.5 Å². The number of nitrogens with zero attached hydrogens (tertiary/aromatic N) is 8. The molecule has 12 heteroatoms. The van der Waals surface area contributed by atoms with Gasteiger partial charge in [-0.25, -0.2) is 14.1 Å². The van der Waals surface area contributed by atoms with Gasteiger partial charge in [0.2, 0.25) is 0 Å². The first-order valence-electron chi connectivity index (χ1n) is 10.9. The predicted octanol–water partition coefficient (Wildman–Crippen LogP) is 4.71. The highest BCUT2D eigenvalue weighted by Crippen LogP contribution is 2.27. The largest absolute Gasteiger partial charge is 0.378 e. The Morgan fingerprint density at radius 3 is 2.74 bits per heavy atom. The number of nitrogens with one attached hydrogen (secondary N) is 1. The third-order valence-electron chi connectivity index (χ3n) is 5.24. The summed E-state index contributed by atoms with van der Waals surface area (Å²) >= 11 is 6.43. The topological polar surface area (TPSA) is 106 Å². The Morgan fingerprint density at radius 1 is 1.11 bits per heavy atom. The molecule has 0 atom stereocenters. The van der Waals surface area contributed by atoms with Gasteiger partial charge in [0.05, 0.1) is 53.4 Å². The number of aromatic nitrogens is 5. The first-order valence-corrected chi connectivity index (χ1v) is 11.3. The van der Waals surface area contributed by atoms with E-state index < -0.39 is 5.82 Å². The Morgan fingerprint density at radius 2 is 2.00 bits per heavy atom. The monoisotopic (exact) mass is 493 g/mol. The number of benzene rings is 1. The lowest BCUT2D eigenvalue weighted by Crippen LogP contribution is -2.37. The quantitative estimate of drug-likeness (QED) is 0.371. The maximum absolute atomic E-state index is 14.1. The lowest BCUT2D eigenvalue weighted by Gasteiger charge is -2.27. The Bertz CT molecular complexity index is 1310. The second kappa shape index (κ2) is 10.5. The Labute approximate surface area is 205 Å². The van der Waals surface area contributed by atoms with Crippen molar-refractivity contribution >= 4 is 34.7 Å². The zero-order chi connectivity index (χ0) is 24.0. The van der Waals surface area contributed by atoms with E-state index in [4.69, 9.17) is 16.3 Å². The number of rotatable bonds is 7. The fraction of sp³-hybridized carbons (Fsp3) is 0.217. The summed E-state index contributed by atoms with van der Waals surface area (Å²) < 4.78 is 21.2. The summed E-state index contributed by atoms with van der Waals surface area (Å²) in [5, 5.41) is 16.2. The first-order chi connectivity index (χ1) is 17.2. The standard InChI is InChI=1S/C23H21ClFN9O/c24-19-12-18(34-7-1-6-29-34)4-5-21(19)30-17-3-2-16(26-13-17)14-28-32-23-27-15-20(25)22(31-23)33-8-10-35-11-9-33/h1-7,12-13,15,30H,8-11,14H2. The zero-order valence-electron chi connectivity index (χ0n) is 18.6. The minimum atomic E-state index is -0.494. The highest BCUT2D eigenvalue weighted by molar-refractivity contribution is 6.33. The van der Waals surface area contributed by atoms with Crippen molar-refractivity contribution in [1.82, 2.24) is 24.7 Å². The fourth-order valence-electron chi connectivity index (χ4n) is 3.48. The van der Waals surface area contributed by atoms with Crippen LogP contribution in [0.1, 0.15) is 5.69 Å². The average Bonchev–Trinajstić information content (AvgIpc) is 3.43.